The van der Waals surface area contributed by atoms with Crippen molar-refractivity contribution in [2.75, 3.05) is 20.8 Å². The highest BCUT2D eigenvalue weighted by Crippen LogP contribution is 2.34. The predicted octanol–water partition coefficient (Wildman–Crippen LogP) is 7.38. The lowest BCUT2D eigenvalue weighted by Gasteiger charge is -2.37. The number of halogens is 3. The molecule has 0 radical (unpaired) electrons. The highest BCUT2D eigenvalue weighted by atomic mass is 19.4. The monoisotopic (exact) mass is 432 g/mol. The van der Waals surface area contributed by atoms with Crippen molar-refractivity contribution in [1.82, 2.24) is 0 Å². The van der Waals surface area contributed by atoms with Crippen LogP contribution in [0.15, 0.2) is 24.3 Å². The Morgan fingerprint density at radius 2 is 1.37 bits per heavy atom. The van der Waals surface area contributed by atoms with Crippen LogP contribution in [-0.2, 0) is 26.8 Å². The minimum atomic E-state index is -4.30. The molecule has 0 heterocycles. The zero-order valence-corrected chi connectivity index (χ0v) is 19.0. The zero-order chi connectivity index (χ0) is 22.5. The van der Waals surface area contributed by atoms with Gasteiger partial charge in [0.2, 0.25) is 0 Å². The van der Waals surface area contributed by atoms with Crippen molar-refractivity contribution in [2.45, 2.75) is 90.2 Å². The second kappa shape index (κ2) is 14.0. The maximum Gasteiger partial charge on any atom is 0.416 e. The van der Waals surface area contributed by atoms with Gasteiger partial charge in [-0.2, -0.15) is 13.2 Å². The maximum atomic E-state index is 12.7. The molecule has 0 saturated heterocycles. The summed E-state index contributed by atoms with van der Waals surface area (Å²) >= 11 is 0. The summed E-state index contributed by atoms with van der Waals surface area (Å²) in [5.41, 5.74) is 0.291. The van der Waals surface area contributed by atoms with E-state index in [1.807, 2.05) is 6.92 Å². The van der Waals surface area contributed by atoms with Gasteiger partial charge in [-0.25, -0.2) is 0 Å². The van der Waals surface area contributed by atoms with Crippen molar-refractivity contribution in [3.05, 3.63) is 35.4 Å². The third-order valence-corrected chi connectivity index (χ3v) is 5.62. The third kappa shape index (κ3) is 8.94. The van der Waals surface area contributed by atoms with Crippen LogP contribution < -0.4 is 0 Å². The van der Waals surface area contributed by atoms with Crippen LogP contribution >= 0.6 is 0 Å². The molecule has 0 aliphatic carbocycles. The zero-order valence-electron chi connectivity index (χ0n) is 19.0. The summed E-state index contributed by atoms with van der Waals surface area (Å²) in [6.45, 7) is 4.60. The number of unbranched alkanes of at least 4 members (excludes halogenated alkanes) is 5. The number of hydrogen-bond donors (Lipinski definition) is 0. The van der Waals surface area contributed by atoms with E-state index in [1.54, 1.807) is 26.4 Å². The molecule has 174 valence electrons. The molecule has 3 nitrogen and oxygen atoms in total. The molecule has 1 atom stereocenters. The minimum Gasteiger partial charge on any atom is -0.331 e. The summed E-state index contributed by atoms with van der Waals surface area (Å²) in [6.07, 6.45) is 6.24. The van der Waals surface area contributed by atoms with Gasteiger partial charge in [0, 0.05) is 26.7 Å². The first-order chi connectivity index (χ1) is 14.3. The van der Waals surface area contributed by atoms with Gasteiger partial charge in [-0.1, -0.05) is 57.6 Å². The summed E-state index contributed by atoms with van der Waals surface area (Å²) in [5.74, 6) is -1.01. The van der Waals surface area contributed by atoms with Crippen LogP contribution in [0, 0.1) is 5.92 Å². The maximum absolute atomic E-state index is 12.7. The fourth-order valence-corrected chi connectivity index (χ4v) is 3.94. The average molecular weight is 433 g/mol. The van der Waals surface area contributed by atoms with Gasteiger partial charge in [-0.05, 0) is 50.3 Å². The van der Waals surface area contributed by atoms with Gasteiger partial charge >= 0.3 is 6.18 Å². The normalized spacial score (nSPS) is 13.6. The number of ether oxygens (including phenoxy) is 3. The standard InChI is InChI=1S/C24H39F3O3/c1-5-7-8-9-10-11-14-22(24(28-3,29-4)30-6-2)15-12-13-20-16-18-21(19-17-20)23(25,26)27/h16-19,22H,5-15H2,1-4H3. The molecule has 0 aliphatic heterocycles. The molecule has 0 aromatic heterocycles. The van der Waals surface area contributed by atoms with Gasteiger partial charge < -0.3 is 14.2 Å². The molecule has 1 aromatic carbocycles. The van der Waals surface area contributed by atoms with E-state index in [2.05, 4.69) is 6.92 Å². The molecule has 1 rings (SSSR count). The fourth-order valence-electron chi connectivity index (χ4n) is 3.94. The van der Waals surface area contributed by atoms with E-state index in [0.717, 1.165) is 43.4 Å². The number of methoxy groups -OCH3 is 2. The van der Waals surface area contributed by atoms with E-state index in [1.165, 1.54) is 32.1 Å². The summed E-state index contributed by atoms with van der Waals surface area (Å²) < 4.78 is 55.4. The Morgan fingerprint density at radius 3 is 1.90 bits per heavy atom. The van der Waals surface area contributed by atoms with Gasteiger partial charge in [-0.15, -0.1) is 0 Å². The number of benzene rings is 1. The molecule has 0 fully saturated rings. The van der Waals surface area contributed by atoms with Gasteiger partial charge in [-0.3, -0.25) is 0 Å². The highest BCUT2D eigenvalue weighted by Gasteiger charge is 2.40. The lowest BCUT2D eigenvalue weighted by atomic mass is 9.91. The molecule has 1 unspecified atom stereocenters. The molecule has 6 heteroatoms. The van der Waals surface area contributed by atoms with Gasteiger partial charge in [0.25, 0.3) is 5.97 Å². The topological polar surface area (TPSA) is 27.7 Å². The second-order valence-corrected chi connectivity index (χ2v) is 7.79. The van der Waals surface area contributed by atoms with Crippen LogP contribution in [0.3, 0.4) is 0 Å². The lowest BCUT2D eigenvalue weighted by molar-refractivity contribution is -0.388. The van der Waals surface area contributed by atoms with Crippen LogP contribution in [0.2, 0.25) is 0 Å². The van der Waals surface area contributed by atoms with Gasteiger partial charge in [0.1, 0.15) is 0 Å². The van der Waals surface area contributed by atoms with Crippen molar-refractivity contribution < 1.29 is 27.4 Å². The van der Waals surface area contributed by atoms with Crippen molar-refractivity contribution in [3.63, 3.8) is 0 Å². The van der Waals surface area contributed by atoms with E-state index >= 15 is 0 Å². The van der Waals surface area contributed by atoms with Crippen LogP contribution in [0.25, 0.3) is 0 Å². The minimum absolute atomic E-state index is 0.0630. The Hall–Kier alpha value is -1.11. The number of rotatable bonds is 16. The van der Waals surface area contributed by atoms with Crippen LogP contribution in [-0.4, -0.2) is 26.8 Å². The molecule has 0 amide bonds. The first-order valence-electron chi connectivity index (χ1n) is 11.2. The van der Waals surface area contributed by atoms with E-state index in [9.17, 15) is 13.2 Å². The molecule has 0 bridgehead atoms. The SMILES string of the molecule is CCCCCCCCC(CCCc1ccc(C(F)(F)F)cc1)C(OC)(OC)OCC. The van der Waals surface area contributed by atoms with E-state index in [0.29, 0.717) is 13.0 Å². The van der Waals surface area contributed by atoms with Crippen LogP contribution in [0.1, 0.15) is 82.8 Å². The first-order valence-corrected chi connectivity index (χ1v) is 11.2. The highest BCUT2D eigenvalue weighted by molar-refractivity contribution is 5.24. The van der Waals surface area contributed by atoms with Gasteiger partial charge in [0.15, 0.2) is 0 Å². The number of hydrogen-bond acceptors (Lipinski definition) is 3. The van der Waals surface area contributed by atoms with Crippen LogP contribution in [0.5, 0.6) is 0 Å². The lowest BCUT2D eigenvalue weighted by Crippen LogP contribution is -2.45. The Labute approximate surface area is 180 Å². The first kappa shape index (κ1) is 26.9. The number of alkyl halides is 3. The molecule has 0 spiro atoms. The van der Waals surface area contributed by atoms with Crippen molar-refractivity contribution in [2.24, 2.45) is 5.92 Å². The van der Waals surface area contributed by atoms with Gasteiger partial charge in [0.05, 0.1) is 5.56 Å². The number of aryl methyl sites for hydroxylation is 1. The summed E-state index contributed by atoms with van der Waals surface area (Å²) in [5, 5.41) is 0. The smallest absolute Gasteiger partial charge is 0.331 e. The third-order valence-electron chi connectivity index (χ3n) is 5.62. The predicted molar refractivity (Wildman–Crippen MR) is 114 cm³/mol. The Bertz CT molecular complexity index is 554. The largest absolute Gasteiger partial charge is 0.416 e. The Balaban J connectivity index is 2.67. The van der Waals surface area contributed by atoms with Crippen molar-refractivity contribution >= 4 is 0 Å². The molecule has 0 aliphatic rings. The fraction of sp³-hybridized carbons (Fsp3) is 0.750. The molecule has 0 saturated carbocycles. The Morgan fingerprint density at radius 1 is 0.800 bits per heavy atom. The molecule has 1 aromatic rings. The summed E-state index contributed by atoms with van der Waals surface area (Å²) in [4.78, 5) is 0. The average Bonchev–Trinajstić information content (AvgIpc) is 2.73. The van der Waals surface area contributed by atoms with Crippen LogP contribution in [0.4, 0.5) is 13.2 Å². The van der Waals surface area contributed by atoms with E-state index in [-0.39, 0.29) is 5.92 Å². The summed E-state index contributed by atoms with van der Waals surface area (Å²) in [6, 6.07) is 5.43. The Kier molecular flexibility index (Phi) is 12.6. The summed E-state index contributed by atoms with van der Waals surface area (Å²) in [7, 11) is 3.20. The molecule has 0 N–H and O–H groups in total. The van der Waals surface area contributed by atoms with E-state index < -0.39 is 17.7 Å². The molecular formula is C24H39F3O3. The molecule has 30 heavy (non-hydrogen) atoms. The van der Waals surface area contributed by atoms with E-state index in [4.69, 9.17) is 14.2 Å². The van der Waals surface area contributed by atoms with Crippen molar-refractivity contribution in [1.29, 1.82) is 0 Å². The second-order valence-electron chi connectivity index (χ2n) is 7.79. The van der Waals surface area contributed by atoms with Crippen molar-refractivity contribution in [3.8, 4) is 0 Å². The molecular weight excluding hydrogens is 393 g/mol. The quantitative estimate of drug-likeness (QED) is 0.201.